The molecule has 0 radical (unpaired) electrons. The molecule has 0 aromatic heterocycles. The number of hydrogen-bond acceptors (Lipinski definition) is 5. The summed E-state index contributed by atoms with van der Waals surface area (Å²) in [4.78, 5) is 15.9. The van der Waals surface area contributed by atoms with Gasteiger partial charge in [-0.2, -0.15) is 0 Å². The fraction of sp³-hybridized carbons (Fsp3) is 0.458. The largest absolute Gasteiger partial charge is 0.464 e. The number of esters is 1. The van der Waals surface area contributed by atoms with Crippen LogP contribution < -0.4 is 4.90 Å². The molecule has 0 aliphatic rings. The van der Waals surface area contributed by atoms with Crippen molar-refractivity contribution < 1.29 is 14.3 Å². The highest BCUT2D eigenvalue weighted by Crippen LogP contribution is 2.44. The van der Waals surface area contributed by atoms with Crippen molar-refractivity contribution in [2.75, 3.05) is 25.1 Å². The van der Waals surface area contributed by atoms with Crippen LogP contribution in [-0.2, 0) is 14.3 Å². The highest BCUT2D eigenvalue weighted by molar-refractivity contribution is 7.80. The minimum Gasteiger partial charge on any atom is -0.464 e. The molecule has 0 amide bonds. The maximum absolute atomic E-state index is 13.0. The van der Waals surface area contributed by atoms with E-state index in [2.05, 4.69) is 17.9 Å². The molecule has 1 atom stereocenters. The first-order valence-corrected chi connectivity index (χ1v) is 11.0. The van der Waals surface area contributed by atoms with Crippen molar-refractivity contribution in [1.82, 2.24) is 0 Å². The minimum absolute atomic E-state index is 0.280. The lowest BCUT2D eigenvalue weighted by Crippen LogP contribution is -2.30. The van der Waals surface area contributed by atoms with Crippen molar-refractivity contribution >= 4 is 35.9 Å². The lowest BCUT2D eigenvalue weighted by atomic mass is 9.90. The number of anilines is 1. The second-order valence-corrected chi connectivity index (χ2v) is 9.12. The number of ether oxygens (including phenoxy) is 2. The molecular weight excluding hydrogens is 418 g/mol. The lowest BCUT2D eigenvalue weighted by molar-refractivity contribution is -0.166. The second kappa shape index (κ2) is 10.1. The Balaban J connectivity index is 2.85. The fourth-order valence-corrected chi connectivity index (χ4v) is 3.92. The van der Waals surface area contributed by atoms with Crippen molar-refractivity contribution in [1.29, 1.82) is 0 Å². The molecule has 0 N–H and O–H groups in total. The Morgan fingerprint density at radius 3 is 2.30 bits per heavy atom. The Hall–Kier alpha value is -1.69. The highest BCUT2D eigenvalue weighted by Gasteiger charge is 2.33. The van der Waals surface area contributed by atoms with Crippen LogP contribution in [0.5, 0.6) is 0 Å². The van der Waals surface area contributed by atoms with E-state index in [1.165, 1.54) is 0 Å². The number of aryl methyl sites for hydroxylation is 1. The number of hydrogen-bond donors (Lipinski definition) is 1. The minimum atomic E-state index is -0.873. The summed E-state index contributed by atoms with van der Waals surface area (Å²) < 4.78 is 11.6. The van der Waals surface area contributed by atoms with Crippen LogP contribution in [0.4, 0.5) is 5.69 Å². The average Bonchev–Trinajstić information content (AvgIpc) is 2.67. The van der Waals surface area contributed by atoms with E-state index in [4.69, 9.17) is 33.7 Å². The molecule has 0 unspecified atom stereocenters. The molecule has 164 valence electrons. The Kier molecular flexibility index (Phi) is 8.26. The monoisotopic (exact) mass is 449 g/mol. The van der Waals surface area contributed by atoms with Gasteiger partial charge in [-0.25, -0.2) is 4.79 Å². The van der Waals surface area contributed by atoms with Crippen LogP contribution in [0.15, 0.2) is 35.2 Å². The van der Waals surface area contributed by atoms with Crippen LogP contribution in [-0.4, -0.2) is 31.8 Å². The molecule has 0 fully saturated rings. The summed E-state index contributed by atoms with van der Waals surface area (Å²) in [6.07, 6.45) is -0.873. The number of halogens is 1. The van der Waals surface area contributed by atoms with Crippen molar-refractivity contribution in [2.45, 2.75) is 58.1 Å². The zero-order chi connectivity index (χ0) is 22.6. The molecule has 2 aromatic carbocycles. The van der Waals surface area contributed by atoms with Crippen LogP contribution in [0.3, 0.4) is 0 Å². The Morgan fingerprint density at radius 1 is 1.20 bits per heavy atom. The van der Waals surface area contributed by atoms with E-state index in [0.29, 0.717) is 5.02 Å². The van der Waals surface area contributed by atoms with Gasteiger partial charge in [0.1, 0.15) is 0 Å². The number of carbonyl (C=O) groups excluding carboxylic acids is 1. The first-order valence-electron chi connectivity index (χ1n) is 10.2. The number of benzene rings is 2. The Labute approximate surface area is 190 Å². The third kappa shape index (κ3) is 5.71. The van der Waals surface area contributed by atoms with Crippen molar-refractivity contribution in [3.05, 3.63) is 46.5 Å². The summed E-state index contributed by atoms with van der Waals surface area (Å²) >= 11 is 11.0. The molecule has 0 aliphatic carbocycles. The number of nitrogens with zero attached hydrogens (tertiary/aromatic N) is 1. The first-order chi connectivity index (χ1) is 14.0. The van der Waals surface area contributed by atoms with Gasteiger partial charge in [-0.15, -0.1) is 12.6 Å². The third-order valence-corrected chi connectivity index (χ3v) is 5.48. The molecule has 0 aliphatic heterocycles. The van der Waals surface area contributed by atoms with E-state index in [1.807, 2.05) is 59.0 Å². The standard InChI is InChI=1S/C24H32ClNO3S/c1-8-26(7)18-14-15(3)19(21(23(27)28-9-2)29-24(4,5)6)20(22(18)30)16-10-12-17(25)13-11-16/h10-14,21,30H,8-9H2,1-7H3/t21-/m0/s1. The number of rotatable bonds is 7. The summed E-state index contributed by atoms with van der Waals surface area (Å²) in [5.41, 5.74) is 3.93. The molecular formula is C24H32ClNO3S. The van der Waals surface area contributed by atoms with Crippen molar-refractivity contribution in [3.63, 3.8) is 0 Å². The zero-order valence-electron chi connectivity index (χ0n) is 18.9. The summed E-state index contributed by atoms with van der Waals surface area (Å²) in [6.45, 7) is 12.8. The molecule has 4 nitrogen and oxygen atoms in total. The van der Waals surface area contributed by atoms with E-state index < -0.39 is 17.7 Å². The van der Waals surface area contributed by atoms with Gasteiger partial charge in [-0.05, 0) is 70.9 Å². The van der Waals surface area contributed by atoms with Gasteiger partial charge in [0.25, 0.3) is 0 Å². The number of thiol groups is 1. The molecule has 0 heterocycles. The molecule has 2 rings (SSSR count). The van der Waals surface area contributed by atoms with Crippen molar-refractivity contribution in [2.24, 2.45) is 0 Å². The van der Waals surface area contributed by atoms with Gasteiger partial charge >= 0.3 is 5.97 Å². The van der Waals surface area contributed by atoms with E-state index in [-0.39, 0.29) is 6.61 Å². The van der Waals surface area contributed by atoms with Gasteiger partial charge in [0.05, 0.1) is 17.9 Å². The van der Waals surface area contributed by atoms with Crippen molar-refractivity contribution in [3.8, 4) is 11.1 Å². The van der Waals surface area contributed by atoms with Gasteiger partial charge in [0.15, 0.2) is 6.10 Å². The molecule has 0 bridgehead atoms. The van der Waals surface area contributed by atoms with E-state index in [9.17, 15) is 4.79 Å². The normalized spacial score (nSPS) is 12.6. The molecule has 6 heteroatoms. The third-order valence-electron chi connectivity index (χ3n) is 4.78. The molecule has 0 saturated heterocycles. The molecule has 0 spiro atoms. The zero-order valence-corrected chi connectivity index (χ0v) is 20.5. The van der Waals surface area contributed by atoms with Crippen LogP contribution >= 0.6 is 24.2 Å². The van der Waals surface area contributed by atoms with Crippen LogP contribution in [0.1, 0.15) is 51.8 Å². The maximum Gasteiger partial charge on any atom is 0.339 e. The second-order valence-electron chi connectivity index (χ2n) is 8.23. The molecule has 0 saturated carbocycles. The summed E-state index contributed by atoms with van der Waals surface area (Å²) in [6, 6.07) is 9.61. The van der Waals surface area contributed by atoms with Crippen LogP contribution in [0.25, 0.3) is 11.1 Å². The molecule has 2 aromatic rings. The predicted molar refractivity (Wildman–Crippen MR) is 128 cm³/mol. The van der Waals surface area contributed by atoms with Gasteiger partial charge in [-0.1, -0.05) is 23.7 Å². The van der Waals surface area contributed by atoms with Crippen LogP contribution in [0.2, 0.25) is 5.02 Å². The Bertz CT molecular complexity index is 891. The van der Waals surface area contributed by atoms with Gasteiger partial charge in [-0.3, -0.25) is 0 Å². The van der Waals surface area contributed by atoms with Gasteiger partial charge in [0.2, 0.25) is 0 Å². The smallest absolute Gasteiger partial charge is 0.339 e. The lowest BCUT2D eigenvalue weighted by Gasteiger charge is -2.31. The predicted octanol–water partition coefficient (Wildman–Crippen LogP) is 6.48. The Morgan fingerprint density at radius 2 is 1.80 bits per heavy atom. The van der Waals surface area contributed by atoms with E-state index >= 15 is 0 Å². The summed E-state index contributed by atoms with van der Waals surface area (Å²) in [5.74, 6) is -0.407. The SMILES string of the molecule is CCOC(=O)[C@@H](OC(C)(C)C)c1c(C)cc(N(C)CC)c(S)c1-c1ccc(Cl)cc1. The fourth-order valence-electron chi connectivity index (χ4n) is 3.31. The quantitative estimate of drug-likeness (QED) is 0.387. The first kappa shape index (κ1) is 24.6. The average molecular weight is 450 g/mol. The molecule has 30 heavy (non-hydrogen) atoms. The number of carbonyl (C=O) groups is 1. The van der Waals surface area contributed by atoms with Crippen LogP contribution in [0, 0.1) is 6.92 Å². The maximum atomic E-state index is 13.0. The van der Waals surface area contributed by atoms with E-state index in [1.54, 1.807) is 6.92 Å². The summed E-state index contributed by atoms with van der Waals surface area (Å²) in [7, 11) is 2.02. The highest BCUT2D eigenvalue weighted by atomic mass is 35.5. The van der Waals surface area contributed by atoms with Gasteiger partial charge in [0, 0.05) is 34.6 Å². The van der Waals surface area contributed by atoms with Gasteiger partial charge < -0.3 is 14.4 Å². The van der Waals surface area contributed by atoms with E-state index in [0.717, 1.165) is 39.4 Å². The summed E-state index contributed by atoms with van der Waals surface area (Å²) in [5, 5.41) is 0.646. The topological polar surface area (TPSA) is 38.8 Å².